The number of aryl methyl sites for hydroxylation is 1. The molecule has 0 bridgehead atoms. The molecule has 2 N–H and O–H groups in total. The fourth-order valence-corrected chi connectivity index (χ4v) is 2.97. The van der Waals surface area contributed by atoms with Crippen LogP contribution in [0.5, 0.6) is 0 Å². The highest BCUT2D eigenvalue weighted by Gasteiger charge is 2.06. The highest BCUT2D eigenvalue weighted by Crippen LogP contribution is 2.30. The maximum absolute atomic E-state index is 11.1. The smallest absolute Gasteiger partial charge is 0.124 e. The molecule has 0 heterocycles. The minimum absolute atomic E-state index is 0.220. The summed E-state index contributed by atoms with van der Waals surface area (Å²) in [7, 11) is -4.44. The van der Waals surface area contributed by atoms with Crippen molar-refractivity contribution >= 4 is 26.6 Å². The summed E-state index contributed by atoms with van der Waals surface area (Å²) in [5, 5.41) is 1.55. The predicted octanol–water partition coefficient (Wildman–Crippen LogP) is 3.30. The predicted molar refractivity (Wildman–Crippen MR) is 86.5 cm³/mol. The molecule has 22 heavy (non-hydrogen) atoms. The van der Waals surface area contributed by atoms with Crippen molar-refractivity contribution < 1.29 is 13.0 Å². The molecule has 0 saturated carbocycles. The van der Waals surface area contributed by atoms with Crippen LogP contribution in [0.15, 0.2) is 59.5 Å². The Hall–Kier alpha value is -2.37. The molecular formula is C17H14NO3S-. The van der Waals surface area contributed by atoms with E-state index in [1.54, 1.807) is 12.1 Å². The van der Waals surface area contributed by atoms with Gasteiger partial charge in [-0.2, -0.15) is 0 Å². The van der Waals surface area contributed by atoms with Gasteiger partial charge in [0.1, 0.15) is 10.1 Å². The summed E-state index contributed by atoms with van der Waals surface area (Å²) in [6.45, 7) is 2.00. The van der Waals surface area contributed by atoms with E-state index in [0.717, 1.165) is 22.1 Å². The van der Waals surface area contributed by atoms with Crippen LogP contribution in [0.3, 0.4) is 0 Å². The van der Waals surface area contributed by atoms with Gasteiger partial charge in [0.2, 0.25) is 0 Å². The van der Waals surface area contributed by atoms with Gasteiger partial charge in [0.15, 0.2) is 0 Å². The quantitative estimate of drug-likeness (QED) is 0.581. The summed E-state index contributed by atoms with van der Waals surface area (Å²) in [6, 6.07) is 15.8. The molecule has 0 aromatic heterocycles. The van der Waals surface area contributed by atoms with Gasteiger partial charge in [-0.3, -0.25) is 0 Å². The third kappa shape index (κ3) is 2.68. The number of benzene rings is 3. The maximum atomic E-state index is 11.1. The molecule has 0 amide bonds. The first-order chi connectivity index (χ1) is 10.3. The van der Waals surface area contributed by atoms with E-state index in [4.69, 9.17) is 5.73 Å². The van der Waals surface area contributed by atoms with Gasteiger partial charge in [-0.05, 0) is 53.6 Å². The Bertz CT molecular complexity index is 978. The molecule has 0 aliphatic carbocycles. The molecule has 0 aliphatic heterocycles. The van der Waals surface area contributed by atoms with Gasteiger partial charge in [0.25, 0.3) is 0 Å². The molecule has 3 aromatic rings. The summed E-state index contributed by atoms with van der Waals surface area (Å²) in [4.78, 5) is -0.220. The Morgan fingerprint density at radius 2 is 1.59 bits per heavy atom. The van der Waals surface area contributed by atoms with Gasteiger partial charge in [-0.15, -0.1) is 0 Å². The fourth-order valence-electron chi connectivity index (χ4n) is 2.47. The van der Waals surface area contributed by atoms with Crippen LogP contribution in [-0.2, 0) is 10.1 Å². The largest absolute Gasteiger partial charge is 0.744 e. The van der Waals surface area contributed by atoms with Gasteiger partial charge in [-0.1, -0.05) is 29.8 Å². The van der Waals surface area contributed by atoms with Gasteiger partial charge in [-0.25, -0.2) is 8.42 Å². The first-order valence-corrected chi connectivity index (χ1v) is 8.12. The van der Waals surface area contributed by atoms with Crippen LogP contribution >= 0.6 is 0 Å². The van der Waals surface area contributed by atoms with Crippen LogP contribution in [0.2, 0.25) is 0 Å². The third-order valence-electron chi connectivity index (χ3n) is 3.62. The van der Waals surface area contributed by atoms with Crippen molar-refractivity contribution in [1.82, 2.24) is 0 Å². The Labute approximate surface area is 129 Å². The lowest BCUT2D eigenvalue weighted by Crippen LogP contribution is -1.98. The zero-order valence-electron chi connectivity index (χ0n) is 11.9. The fraction of sp³-hybridized carbons (Fsp3) is 0.0588. The molecule has 3 rings (SSSR count). The van der Waals surface area contributed by atoms with E-state index >= 15 is 0 Å². The maximum Gasteiger partial charge on any atom is 0.124 e. The molecule has 3 aromatic carbocycles. The van der Waals surface area contributed by atoms with Crippen LogP contribution < -0.4 is 5.73 Å². The normalized spacial score (nSPS) is 11.7. The number of fused-ring (bicyclic) bond motifs is 1. The van der Waals surface area contributed by atoms with Gasteiger partial charge < -0.3 is 10.3 Å². The molecular weight excluding hydrogens is 298 g/mol. The Kier molecular flexibility index (Phi) is 3.39. The molecule has 112 valence electrons. The number of hydrogen-bond acceptors (Lipinski definition) is 4. The molecule has 0 unspecified atom stereocenters. The second-order valence-corrected chi connectivity index (χ2v) is 6.65. The first kappa shape index (κ1) is 14.6. The lowest BCUT2D eigenvalue weighted by molar-refractivity contribution is 0.463. The van der Waals surface area contributed by atoms with E-state index in [9.17, 15) is 13.0 Å². The lowest BCUT2D eigenvalue weighted by atomic mass is 9.98. The van der Waals surface area contributed by atoms with Gasteiger partial charge >= 0.3 is 0 Å². The number of anilines is 1. The van der Waals surface area contributed by atoms with Crippen molar-refractivity contribution in [3.8, 4) is 11.1 Å². The zero-order valence-corrected chi connectivity index (χ0v) is 12.7. The summed E-state index contributed by atoms with van der Waals surface area (Å²) in [6.07, 6.45) is 0. The number of nitrogens with two attached hydrogens (primary N) is 1. The summed E-state index contributed by atoms with van der Waals surface area (Å²) >= 11 is 0. The second kappa shape index (κ2) is 5.12. The molecule has 0 atom stereocenters. The minimum atomic E-state index is -4.44. The van der Waals surface area contributed by atoms with Crippen LogP contribution in [0, 0.1) is 6.92 Å². The SMILES string of the molecule is Cc1ccc(N)c(-c2ccc3cc(S(=O)(=O)[O-])ccc3c2)c1. The van der Waals surface area contributed by atoms with E-state index in [-0.39, 0.29) is 4.90 Å². The topological polar surface area (TPSA) is 83.2 Å². The van der Waals surface area contributed by atoms with E-state index in [1.165, 1.54) is 12.1 Å². The third-order valence-corrected chi connectivity index (χ3v) is 4.45. The highest BCUT2D eigenvalue weighted by molar-refractivity contribution is 7.85. The minimum Gasteiger partial charge on any atom is -0.744 e. The number of rotatable bonds is 2. The monoisotopic (exact) mass is 312 g/mol. The molecule has 0 spiro atoms. The van der Waals surface area contributed by atoms with Crippen LogP contribution in [0.4, 0.5) is 5.69 Å². The van der Waals surface area contributed by atoms with Crippen LogP contribution in [0.1, 0.15) is 5.56 Å². The average Bonchev–Trinajstić information content (AvgIpc) is 2.47. The molecule has 0 radical (unpaired) electrons. The van der Waals surface area contributed by atoms with Crippen molar-refractivity contribution in [2.45, 2.75) is 11.8 Å². The van der Waals surface area contributed by atoms with E-state index < -0.39 is 10.1 Å². The van der Waals surface area contributed by atoms with Crippen molar-refractivity contribution in [2.75, 3.05) is 5.73 Å². The van der Waals surface area contributed by atoms with Crippen molar-refractivity contribution in [1.29, 1.82) is 0 Å². The Morgan fingerprint density at radius 1 is 0.909 bits per heavy atom. The molecule has 0 aliphatic rings. The van der Waals surface area contributed by atoms with Crippen molar-refractivity contribution in [3.63, 3.8) is 0 Å². The van der Waals surface area contributed by atoms with Crippen molar-refractivity contribution in [2.24, 2.45) is 0 Å². The van der Waals surface area contributed by atoms with Crippen LogP contribution in [-0.4, -0.2) is 13.0 Å². The van der Waals surface area contributed by atoms with E-state index in [2.05, 4.69) is 0 Å². The second-order valence-electron chi connectivity index (χ2n) is 5.27. The molecule has 5 heteroatoms. The lowest BCUT2D eigenvalue weighted by Gasteiger charge is -2.11. The molecule has 0 saturated heterocycles. The summed E-state index contributed by atoms with van der Waals surface area (Å²) in [5.74, 6) is 0. The first-order valence-electron chi connectivity index (χ1n) is 6.71. The average molecular weight is 312 g/mol. The van der Waals surface area contributed by atoms with Crippen molar-refractivity contribution in [3.05, 3.63) is 60.2 Å². The van der Waals surface area contributed by atoms with Gasteiger partial charge in [0, 0.05) is 11.3 Å². The van der Waals surface area contributed by atoms with E-state index in [0.29, 0.717) is 11.1 Å². The molecule has 0 fully saturated rings. The highest BCUT2D eigenvalue weighted by atomic mass is 32.2. The summed E-state index contributed by atoms with van der Waals surface area (Å²) in [5.41, 5.74) is 9.70. The number of nitrogen functional groups attached to an aromatic ring is 1. The molecule has 4 nitrogen and oxygen atoms in total. The van der Waals surface area contributed by atoms with Gasteiger partial charge in [0.05, 0.1) is 4.90 Å². The summed E-state index contributed by atoms with van der Waals surface area (Å²) < 4.78 is 33.2. The number of hydrogen-bond donors (Lipinski definition) is 1. The standard InChI is InChI=1S/C17H15NO3S/c1-11-2-7-17(18)16(8-11)14-4-3-13-10-15(22(19,20)21)6-5-12(13)9-14/h2-10H,18H2,1H3,(H,19,20,21)/p-1. The van der Waals surface area contributed by atoms with Crippen LogP contribution in [0.25, 0.3) is 21.9 Å². The zero-order chi connectivity index (χ0) is 15.9. The van der Waals surface area contributed by atoms with E-state index in [1.807, 2.05) is 37.3 Å². The Balaban J connectivity index is 2.17. The Morgan fingerprint density at radius 3 is 2.32 bits per heavy atom.